The summed E-state index contributed by atoms with van der Waals surface area (Å²) in [6.45, 7) is 11.0. The lowest BCUT2D eigenvalue weighted by Gasteiger charge is -2.43. The van der Waals surface area contributed by atoms with E-state index in [4.69, 9.17) is 4.52 Å². The van der Waals surface area contributed by atoms with Gasteiger partial charge in [-0.05, 0) is 33.6 Å². The van der Waals surface area contributed by atoms with E-state index in [0.717, 1.165) is 12.8 Å². The molecule has 23 heavy (non-hydrogen) atoms. The summed E-state index contributed by atoms with van der Waals surface area (Å²) >= 11 is 0. The van der Waals surface area contributed by atoms with E-state index >= 15 is 0 Å². The van der Waals surface area contributed by atoms with Crippen LogP contribution in [0.4, 0.5) is 0 Å². The molecule has 2 unspecified atom stereocenters. The maximum atomic E-state index is 12.8. The number of rotatable bonds is 6. The third kappa shape index (κ3) is 3.57. The van der Waals surface area contributed by atoms with Gasteiger partial charge in [0.05, 0.1) is 5.92 Å². The van der Waals surface area contributed by atoms with Crippen molar-refractivity contribution in [3.05, 3.63) is 17.5 Å². The number of hydrogen-bond donors (Lipinski definition) is 0. The highest BCUT2D eigenvalue weighted by atomic mass is 16.5. The number of carbonyl (C=O) groups excluding carboxylic acids is 2. The Hall–Kier alpha value is -1.85. The second-order valence-corrected chi connectivity index (χ2v) is 6.49. The van der Waals surface area contributed by atoms with Gasteiger partial charge in [-0.1, -0.05) is 19.0 Å². The molecule has 2 amide bonds. The van der Waals surface area contributed by atoms with E-state index in [1.54, 1.807) is 17.9 Å². The van der Waals surface area contributed by atoms with Crippen LogP contribution >= 0.6 is 0 Å². The first kappa shape index (κ1) is 17.5. The van der Waals surface area contributed by atoms with Gasteiger partial charge in [-0.25, -0.2) is 0 Å². The SMILES string of the molecule is CCC(C)N(C(=O)C1CN(C(=O)c2cc(C)on2)C1)C(C)CC. The zero-order valence-corrected chi connectivity index (χ0v) is 14.7. The van der Waals surface area contributed by atoms with E-state index in [2.05, 4.69) is 32.9 Å². The first-order chi connectivity index (χ1) is 10.9. The van der Waals surface area contributed by atoms with E-state index in [-0.39, 0.29) is 29.8 Å². The molecule has 0 aliphatic carbocycles. The Morgan fingerprint density at radius 2 is 1.87 bits per heavy atom. The summed E-state index contributed by atoms with van der Waals surface area (Å²) in [5, 5.41) is 3.75. The summed E-state index contributed by atoms with van der Waals surface area (Å²) in [6.07, 6.45) is 1.87. The monoisotopic (exact) mass is 321 g/mol. The molecule has 2 rings (SSSR count). The highest BCUT2D eigenvalue weighted by Gasteiger charge is 2.40. The molecule has 2 heterocycles. The van der Waals surface area contributed by atoms with Gasteiger partial charge in [-0.2, -0.15) is 0 Å². The third-order valence-electron chi connectivity index (χ3n) is 4.75. The highest BCUT2D eigenvalue weighted by Crippen LogP contribution is 2.24. The maximum Gasteiger partial charge on any atom is 0.276 e. The predicted molar refractivity (Wildman–Crippen MR) is 87.0 cm³/mol. The van der Waals surface area contributed by atoms with Crippen LogP contribution in [0.1, 0.15) is 56.8 Å². The normalized spacial score (nSPS) is 17.5. The first-order valence-corrected chi connectivity index (χ1v) is 8.43. The summed E-state index contributed by atoms with van der Waals surface area (Å²) < 4.78 is 4.94. The zero-order valence-electron chi connectivity index (χ0n) is 14.7. The standard InChI is InChI=1S/C17H27N3O3/c1-6-11(3)20(12(4)7-2)16(21)14-9-19(10-14)17(22)15-8-13(5)23-18-15/h8,11-12,14H,6-7,9-10H2,1-5H3. The summed E-state index contributed by atoms with van der Waals surface area (Å²) in [7, 11) is 0. The number of nitrogens with zero attached hydrogens (tertiary/aromatic N) is 3. The minimum absolute atomic E-state index is 0.102. The largest absolute Gasteiger partial charge is 0.361 e. The molecule has 1 aromatic rings. The number of likely N-dealkylation sites (tertiary alicyclic amines) is 1. The quantitative estimate of drug-likeness (QED) is 0.807. The summed E-state index contributed by atoms with van der Waals surface area (Å²) in [6, 6.07) is 2.07. The molecule has 1 aliphatic rings. The van der Waals surface area contributed by atoms with Crippen molar-refractivity contribution >= 4 is 11.8 Å². The minimum Gasteiger partial charge on any atom is -0.361 e. The van der Waals surface area contributed by atoms with Gasteiger partial charge in [-0.3, -0.25) is 9.59 Å². The molecule has 1 aliphatic heterocycles. The third-order valence-corrected chi connectivity index (χ3v) is 4.75. The Morgan fingerprint density at radius 3 is 2.30 bits per heavy atom. The molecule has 0 bridgehead atoms. The molecule has 0 aromatic carbocycles. The van der Waals surface area contributed by atoms with Gasteiger partial charge in [-0.15, -0.1) is 0 Å². The number of aryl methyl sites for hydroxylation is 1. The minimum atomic E-state index is -0.162. The summed E-state index contributed by atoms with van der Waals surface area (Å²) in [5.74, 6) is 0.509. The lowest BCUT2D eigenvalue weighted by atomic mass is 9.95. The van der Waals surface area contributed by atoms with Gasteiger partial charge in [0.1, 0.15) is 5.76 Å². The van der Waals surface area contributed by atoms with Gasteiger partial charge in [0.2, 0.25) is 5.91 Å². The maximum absolute atomic E-state index is 12.8. The Bertz CT molecular complexity index is 553. The van der Waals surface area contributed by atoms with Crippen LogP contribution in [0, 0.1) is 12.8 Å². The Kier molecular flexibility index (Phi) is 5.44. The fraction of sp³-hybridized carbons (Fsp3) is 0.706. The molecule has 6 heteroatoms. The van der Waals surface area contributed by atoms with E-state index in [1.165, 1.54) is 0 Å². The van der Waals surface area contributed by atoms with Crippen molar-refractivity contribution in [2.75, 3.05) is 13.1 Å². The molecule has 0 spiro atoms. The smallest absolute Gasteiger partial charge is 0.276 e. The summed E-state index contributed by atoms with van der Waals surface area (Å²) in [5.41, 5.74) is 0.314. The highest BCUT2D eigenvalue weighted by molar-refractivity contribution is 5.94. The van der Waals surface area contributed by atoms with Crippen molar-refractivity contribution in [2.24, 2.45) is 5.92 Å². The van der Waals surface area contributed by atoms with Gasteiger partial charge in [0, 0.05) is 31.2 Å². The summed E-state index contributed by atoms with van der Waals surface area (Å²) in [4.78, 5) is 28.7. The second-order valence-electron chi connectivity index (χ2n) is 6.49. The van der Waals surface area contributed by atoms with Crippen molar-refractivity contribution in [3.8, 4) is 0 Å². The number of amides is 2. The molecule has 128 valence electrons. The van der Waals surface area contributed by atoms with E-state index in [1.807, 2.05) is 4.90 Å². The number of hydrogen-bond acceptors (Lipinski definition) is 4. The van der Waals surface area contributed by atoms with E-state index in [9.17, 15) is 9.59 Å². The van der Waals surface area contributed by atoms with Gasteiger partial charge in [0.15, 0.2) is 5.69 Å². The number of carbonyl (C=O) groups is 2. The average molecular weight is 321 g/mol. The van der Waals surface area contributed by atoms with Crippen LogP contribution in [0.5, 0.6) is 0 Å². The molecule has 1 saturated heterocycles. The average Bonchev–Trinajstić information content (AvgIpc) is 2.91. The van der Waals surface area contributed by atoms with Crippen LogP contribution in [0.3, 0.4) is 0 Å². The molecule has 0 N–H and O–H groups in total. The van der Waals surface area contributed by atoms with Gasteiger partial charge in [0.25, 0.3) is 5.91 Å². The van der Waals surface area contributed by atoms with Gasteiger partial charge >= 0.3 is 0 Å². The molecule has 1 aromatic heterocycles. The van der Waals surface area contributed by atoms with Crippen LogP contribution in [0.25, 0.3) is 0 Å². The van der Waals surface area contributed by atoms with Gasteiger partial charge < -0.3 is 14.3 Å². The number of aromatic nitrogens is 1. The van der Waals surface area contributed by atoms with Crippen molar-refractivity contribution in [2.45, 2.75) is 59.5 Å². The molecule has 0 saturated carbocycles. The van der Waals surface area contributed by atoms with Crippen LogP contribution in [-0.4, -0.2) is 51.9 Å². The second kappa shape index (κ2) is 7.15. The van der Waals surface area contributed by atoms with E-state index < -0.39 is 0 Å². The lowest BCUT2D eigenvalue weighted by molar-refractivity contribution is -0.144. The molecule has 2 atom stereocenters. The Balaban J connectivity index is 1.97. The first-order valence-electron chi connectivity index (χ1n) is 8.43. The topological polar surface area (TPSA) is 66.7 Å². The van der Waals surface area contributed by atoms with E-state index in [0.29, 0.717) is 24.5 Å². The van der Waals surface area contributed by atoms with Crippen LogP contribution in [0.2, 0.25) is 0 Å². The molecular weight excluding hydrogens is 294 g/mol. The zero-order chi connectivity index (χ0) is 17.1. The molecule has 0 radical (unpaired) electrons. The Labute approximate surface area is 137 Å². The van der Waals surface area contributed by atoms with Crippen molar-refractivity contribution in [1.82, 2.24) is 15.0 Å². The molecular formula is C17H27N3O3. The lowest BCUT2D eigenvalue weighted by Crippen LogP contribution is -2.59. The van der Waals surface area contributed by atoms with Crippen LogP contribution in [-0.2, 0) is 4.79 Å². The van der Waals surface area contributed by atoms with Crippen molar-refractivity contribution in [1.29, 1.82) is 0 Å². The van der Waals surface area contributed by atoms with Crippen molar-refractivity contribution in [3.63, 3.8) is 0 Å². The fourth-order valence-electron chi connectivity index (χ4n) is 2.90. The van der Waals surface area contributed by atoms with Crippen LogP contribution in [0.15, 0.2) is 10.6 Å². The molecule has 1 fully saturated rings. The Morgan fingerprint density at radius 1 is 1.30 bits per heavy atom. The predicted octanol–water partition coefficient (Wildman–Crippen LogP) is 2.48. The fourth-order valence-corrected chi connectivity index (χ4v) is 2.90. The molecule has 6 nitrogen and oxygen atoms in total. The van der Waals surface area contributed by atoms with Crippen molar-refractivity contribution < 1.29 is 14.1 Å². The van der Waals surface area contributed by atoms with Crippen LogP contribution < -0.4 is 0 Å².